The fraction of sp³-hybridized carbons (Fsp3) is 0.417. The van der Waals surface area contributed by atoms with Crippen molar-refractivity contribution >= 4 is 61.8 Å². The topological polar surface area (TPSA) is 92.8 Å². The third kappa shape index (κ3) is 8.04. The molecule has 0 aliphatic carbocycles. The maximum Gasteiger partial charge on any atom is 0.328 e. The molecule has 1 N–H and O–H groups in total. The molecule has 0 saturated carbocycles. The van der Waals surface area contributed by atoms with E-state index >= 15 is 0 Å². The number of esters is 1. The minimum atomic E-state index is -4.19. The van der Waals surface area contributed by atoms with Gasteiger partial charge in [0.2, 0.25) is 5.91 Å². The van der Waals surface area contributed by atoms with Crippen LogP contribution in [-0.2, 0) is 24.3 Å². The monoisotopic (exact) mass is 638 g/mol. The molecule has 0 spiro atoms. The summed E-state index contributed by atoms with van der Waals surface area (Å²) in [4.78, 5) is 24.6. The van der Waals surface area contributed by atoms with Gasteiger partial charge >= 0.3 is 5.97 Å². The second-order valence-electron chi connectivity index (χ2n) is 8.51. The highest BCUT2D eigenvalue weighted by Crippen LogP contribution is 2.31. The van der Waals surface area contributed by atoms with Crippen LogP contribution < -0.4 is 9.62 Å². The first-order chi connectivity index (χ1) is 16.4. The first kappa shape index (κ1) is 29.3. The maximum atomic E-state index is 14.8. The Morgan fingerprint density at radius 3 is 2.34 bits per heavy atom. The van der Waals surface area contributed by atoms with E-state index in [-0.39, 0.29) is 29.3 Å². The Kier molecular flexibility index (Phi) is 10.8. The summed E-state index contributed by atoms with van der Waals surface area (Å²) >= 11 is 7.89. The quantitative estimate of drug-likeness (QED) is 0.272. The minimum absolute atomic E-state index is 0.0563. The van der Waals surface area contributed by atoms with Crippen molar-refractivity contribution in [3.05, 3.63) is 56.9 Å². The first-order valence-corrected chi connectivity index (χ1v) is 13.9. The Bertz CT molecular complexity index is 1150. The lowest BCUT2D eigenvalue weighted by molar-refractivity contribution is -0.145. The van der Waals surface area contributed by atoms with E-state index < -0.39 is 39.8 Å². The van der Waals surface area contributed by atoms with E-state index in [4.69, 9.17) is 16.3 Å². The molecule has 2 aromatic rings. The van der Waals surface area contributed by atoms with E-state index in [2.05, 4.69) is 5.32 Å². The molecule has 0 aromatic heterocycles. The number of amides is 1. The number of anilines is 1. The summed E-state index contributed by atoms with van der Waals surface area (Å²) in [5.74, 6) is -1.54. The van der Waals surface area contributed by atoms with Crippen molar-refractivity contribution in [1.29, 1.82) is 0 Å². The largest absolute Gasteiger partial charge is 0.467 e. The van der Waals surface area contributed by atoms with Crippen molar-refractivity contribution in [1.82, 2.24) is 5.32 Å². The van der Waals surface area contributed by atoms with Gasteiger partial charge in [-0.2, -0.15) is 0 Å². The number of halogens is 3. The number of ether oxygens (including phenoxy) is 1. The predicted octanol–water partition coefficient (Wildman–Crippen LogP) is 5.15. The number of nitrogens with one attached hydrogen (secondary N) is 1. The summed E-state index contributed by atoms with van der Waals surface area (Å²) in [5.41, 5.74) is -0.119. The van der Waals surface area contributed by atoms with E-state index in [0.29, 0.717) is 15.0 Å². The Morgan fingerprint density at radius 2 is 1.77 bits per heavy atom. The Hall–Kier alpha value is -1.92. The first-order valence-electron chi connectivity index (χ1n) is 11.0. The molecular weight excluding hydrogens is 610 g/mol. The predicted molar refractivity (Wildman–Crippen MR) is 142 cm³/mol. The van der Waals surface area contributed by atoms with Crippen molar-refractivity contribution in [2.24, 2.45) is 5.92 Å². The number of sulfonamides is 1. The zero-order chi connectivity index (χ0) is 26.3. The van der Waals surface area contributed by atoms with Crippen LogP contribution in [0.15, 0.2) is 47.4 Å². The highest BCUT2D eigenvalue weighted by molar-refractivity contribution is 14.1. The standard InChI is InChI=1S/C24H29ClFIN2O5S/c1-15(2)13-21(24(31)34-4)28-23(30)12-5-16(3)29(22-14-18(27)8-11-20(22)26)35(32,33)19-9-6-17(25)7-10-19/h6-11,14-16,21H,5,12-13H2,1-4H3,(H,28,30). The van der Waals surface area contributed by atoms with Crippen molar-refractivity contribution in [3.63, 3.8) is 0 Å². The van der Waals surface area contributed by atoms with Crippen LogP contribution in [0.25, 0.3) is 0 Å². The van der Waals surface area contributed by atoms with E-state index in [1.807, 2.05) is 36.4 Å². The summed E-state index contributed by atoms with van der Waals surface area (Å²) in [5, 5.41) is 3.02. The lowest BCUT2D eigenvalue weighted by Gasteiger charge is -2.31. The van der Waals surface area contributed by atoms with Crippen LogP contribution in [0.3, 0.4) is 0 Å². The highest BCUT2D eigenvalue weighted by Gasteiger charge is 2.32. The van der Waals surface area contributed by atoms with Gasteiger partial charge in [-0.05, 0) is 90.7 Å². The molecule has 2 rings (SSSR count). The van der Waals surface area contributed by atoms with Crippen LogP contribution in [0.4, 0.5) is 10.1 Å². The molecule has 7 nitrogen and oxygen atoms in total. The second-order valence-corrected chi connectivity index (χ2v) is 12.0. The molecule has 0 aliphatic heterocycles. The average molecular weight is 639 g/mol. The molecule has 35 heavy (non-hydrogen) atoms. The maximum absolute atomic E-state index is 14.8. The van der Waals surface area contributed by atoms with Gasteiger partial charge in [-0.1, -0.05) is 25.4 Å². The van der Waals surface area contributed by atoms with E-state index in [0.717, 1.165) is 4.31 Å². The molecule has 0 fully saturated rings. The third-order valence-corrected chi connectivity index (χ3v) is 8.10. The number of hydrogen-bond donors (Lipinski definition) is 1. The number of carbonyl (C=O) groups is 2. The van der Waals surface area contributed by atoms with Gasteiger partial charge in [0, 0.05) is 21.1 Å². The van der Waals surface area contributed by atoms with Gasteiger partial charge in [0.1, 0.15) is 11.9 Å². The normalized spacial score (nSPS) is 13.3. The van der Waals surface area contributed by atoms with Crippen LogP contribution >= 0.6 is 34.2 Å². The van der Waals surface area contributed by atoms with Gasteiger partial charge in [-0.25, -0.2) is 17.6 Å². The molecule has 2 unspecified atom stereocenters. The van der Waals surface area contributed by atoms with Crippen molar-refractivity contribution < 1.29 is 27.1 Å². The fourth-order valence-electron chi connectivity index (χ4n) is 3.53. The van der Waals surface area contributed by atoms with Crippen molar-refractivity contribution in [2.45, 2.75) is 57.0 Å². The molecular formula is C24H29ClFIN2O5S. The van der Waals surface area contributed by atoms with Gasteiger partial charge in [0.25, 0.3) is 10.0 Å². The summed E-state index contributed by atoms with van der Waals surface area (Å²) in [6.45, 7) is 5.44. The highest BCUT2D eigenvalue weighted by atomic mass is 127. The van der Waals surface area contributed by atoms with Gasteiger partial charge in [0.15, 0.2) is 0 Å². The molecule has 1 amide bonds. The van der Waals surface area contributed by atoms with E-state index in [1.165, 1.54) is 49.6 Å². The van der Waals surface area contributed by atoms with Crippen molar-refractivity contribution in [3.8, 4) is 0 Å². The second kappa shape index (κ2) is 12.9. The summed E-state index contributed by atoms with van der Waals surface area (Å²) in [6.07, 6.45) is 0.406. The molecule has 2 atom stereocenters. The SMILES string of the molecule is COC(=O)C(CC(C)C)NC(=O)CCC(C)N(c1cc(I)ccc1F)S(=O)(=O)c1ccc(Cl)cc1. The number of methoxy groups -OCH3 is 1. The van der Waals surface area contributed by atoms with E-state index in [9.17, 15) is 22.4 Å². The smallest absolute Gasteiger partial charge is 0.328 e. The molecule has 192 valence electrons. The van der Waals surface area contributed by atoms with Crippen LogP contribution in [0.1, 0.15) is 40.0 Å². The lowest BCUT2D eigenvalue weighted by atomic mass is 10.0. The zero-order valence-electron chi connectivity index (χ0n) is 19.9. The van der Waals surface area contributed by atoms with Gasteiger partial charge in [-0.3, -0.25) is 9.10 Å². The molecule has 11 heteroatoms. The summed E-state index contributed by atoms with van der Waals surface area (Å²) < 4.78 is 48.4. The molecule has 0 saturated heterocycles. The lowest BCUT2D eigenvalue weighted by Crippen LogP contribution is -2.43. The molecule has 0 heterocycles. The van der Waals surface area contributed by atoms with E-state index in [1.54, 1.807) is 6.92 Å². The zero-order valence-corrected chi connectivity index (χ0v) is 23.7. The van der Waals surface area contributed by atoms with Crippen LogP contribution in [-0.4, -0.2) is 39.5 Å². The van der Waals surface area contributed by atoms with Gasteiger partial charge in [0.05, 0.1) is 17.7 Å². The number of rotatable bonds is 11. The van der Waals surface area contributed by atoms with Crippen molar-refractivity contribution in [2.75, 3.05) is 11.4 Å². The third-order valence-electron chi connectivity index (χ3n) is 5.23. The summed E-state index contributed by atoms with van der Waals surface area (Å²) in [7, 11) is -2.94. The number of nitrogens with zero attached hydrogens (tertiary/aromatic N) is 1. The Balaban J connectivity index is 2.32. The average Bonchev–Trinajstić information content (AvgIpc) is 2.79. The van der Waals surface area contributed by atoms with Crippen LogP contribution in [0.5, 0.6) is 0 Å². The van der Waals surface area contributed by atoms with Crippen LogP contribution in [0.2, 0.25) is 5.02 Å². The Labute approximate surface area is 224 Å². The number of carbonyl (C=O) groups excluding carboxylic acids is 2. The molecule has 0 aliphatic rings. The summed E-state index contributed by atoms with van der Waals surface area (Å²) in [6, 6.07) is 8.18. The minimum Gasteiger partial charge on any atom is -0.467 e. The molecule has 2 aromatic carbocycles. The van der Waals surface area contributed by atoms with Gasteiger partial charge < -0.3 is 10.1 Å². The van der Waals surface area contributed by atoms with Crippen LogP contribution in [0, 0.1) is 15.3 Å². The Morgan fingerprint density at radius 1 is 1.14 bits per heavy atom. The number of hydrogen-bond acceptors (Lipinski definition) is 5. The molecule has 0 radical (unpaired) electrons. The fourth-order valence-corrected chi connectivity index (χ4v) is 5.82. The van der Waals surface area contributed by atoms with Gasteiger partial charge in [-0.15, -0.1) is 0 Å². The molecule has 0 bridgehead atoms. The number of benzene rings is 2.